The number of carbonyl (C=O) groups is 3. The van der Waals surface area contributed by atoms with E-state index < -0.39 is 0 Å². The third-order valence-electron chi connectivity index (χ3n) is 4.46. The Labute approximate surface area is 160 Å². The van der Waals surface area contributed by atoms with Gasteiger partial charge in [-0.2, -0.15) is 0 Å². The van der Waals surface area contributed by atoms with Crippen LogP contribution in [0, 0.1) is 5.92 Å². The zero-order chi connectivity index (χ0) is 19.3. The van der Waals surface area contributed by atoms with Gasteiger partial charge < -0.3 is 10.1 Å². The molecule has 0 bridgehead atoms. The van der Waals surface area contributed by atoms with Crippen molar-refractivity contribution in [3.05, 3.63) is 48.1 Å². The molecule has 0 spiro atoms. The number of aldehydes is 2. The molecule has 1 unspecified atom stereocenters. The average Bonchev–Trinajstić information content (AvgIpc) is 3.17. The van der Waals surface area contributed by atoms with E-state index in [9.17, 15) is 14.4 Å². The molecule has 0 saturated heterocycles. The predicted octanol–water partition coefficient (Wildman–Crippen LogP) is 4.49. The normalized spacial score (nSPS) is 15.8. The quantitative estimate of drug-likeness (QED) is 0.255. The van der Waals surface area contributed by atoms with Crippen molar-refractivity contribution in [2.24, 2.45) is 5.92 Å². The monoisotopic (exact) mass is 369 g/mol. The van der Waals surface area contributed by atoms with Gasteiger partial charge in [0.2, 0.25) is 5.91 Å². The zero-order valence-electron chi connectivity index (χ0n) is 15.6. The van der Waals surface area contributed by atoms with Crippen LogP contribution in [0.1, 0.15) is 55.3 Å². The Balaban J connectivity index is 1.84. The minimum Gasteiger partial charge on any atom is -0.491 e. The van der Waals surface area contributed by atoms with Crippen LogP contribution in [0.4, 0.5) is 5.69 Å². The molecule has 0 saturated carbocycles. The lowest BCUT2D eigenvalue weighted by Crippen LogP contribution is -2.16. The Hall–Kier alpha value is -2.69. The maximum atomic E-state index is 12.3. The lowest BCUT2D eigenvalue weighted by Gasteiger charge is -2.14. The van der Waals surface area contributed by atoms with Crippen LogP contribution < -0.4 is 10.1 Å². The second kappa shape index (κ2) is 11.8. The van der Waals surface area contributed by atoms with Crippen LogP contribution in [0.2, 0.25) is 0 Å². The van der Waals surface area contributed by atoms with E-state index in [1.165, 1.54) is 6.08 Å². The minimum absolute atomic E-state index is 0.0681. The summed E-state index contributed by atoms with van der Waals surface area (Å²) in [5.74, 6) is 0.801. The smallest absolute Gasteiger partial charge is 0.225 e. The largest absolute Gasteiger partial charge is 0.491 e. The molecule has 5 nitrogen and oxygen atoms in total. The first kappa shape index (κ1) is 20.6. The lowest BCUT2D eigenvalue weighted by atomic mass is 10.0. The highest BCUT2D eigenvalue weighted by Crippen LogP contribution is 2.27. The van der Waals surface area contributed by atoms with Gasteiger partial charge in [-0.1, -0.05) is 18.2 Å². The van der Waals surface area contributed by atoms with Gasteiger partial charge in [0.15, 0.2) is 0 Å². The molecule has 5 heteroatoms. The summed E-state index contributed by atoms with van der Waals surface area (Å²) >= 11 is 0. The summed E-state index contributed by atoms with van der Waals surface area (Å²) in [6, 6.07) is 5.05. The van der Waals surface area contributed by atoms with E-state index in [2.05, 4.69) is 17.5 Å². The van der Waals surface area contributed by atoms with Crippen molar-refractivity contribution in [2.75, 3.05) is 11.9 Å². The highest BCUT2D eigenvalue weighted by molar-refractivity contribution is 5.93. The molecule has 27 heavy (non-hydrogen) atoms. The second-order valence-corrected chi connectivity index (χ2v) is 6.65. The minimum atomic E-state index is -0.0681. The first-order chi connectivity index (χ1) is 13.2. The Kier molecular flexibility index (Phi) is 9.04. The van der Waals surface area contributed by atoms with Crippen LogP contribution in [0.25, 0.3) is 0 Å². The predicted molar refractivity (Wildman–Crippen MR) is 106 cm³/mol. The van der Waals surface area contributed by atoms with E-state index in [1.807, 2.05) is 6.08 Å². The number of allylic oxidation sites excluding steroid dienone is 4. The second-order valence-electron chi connectivity index (χ2n) is 6.65. The number of benzene rings is 1. The van der Waals surface area contributed by atoms with Crippen molar-refractivity contribution >= 4 is 24.2 Å². The summed E-state index contributed by atoms with van der Waals surface area (Å²) in [6.07, 6.45) is 15.3. The first-order valence-electron chi connectivity index (χ1n) is 9.51. The van der Waals surface area contributed by atoms with Gasteiger partial charge in [0, 0.05) is 12.0 Å². The highest BCUT2D eigenvalue weighted by atomic mass is 16.5. The van der Waals surface area contributed by atoms with Crippen LogP contribution >= 0.6 is 0 Å². The van der Waals surface area contributed by atoms with Gasteiger partial charge in [-0.15, -0.1) is 0 Å². The number of amides is 1. The first-order valence-corrected chi connectivity index (χ1v) is 9.51. The zero-order valence-corrected chi connectivity index (χ0v) is 15.6. The van der Waals surface area contributed by atoms with Crippen LogP contribution in [-0.4, -0.2) is 25.1 Å². The maximum absolute atomic E-state index is 12.3. The Morgan fingerprint density at radius 2 is 2.11 bits per heavy atom. The van der Waals surface area contributed by atoms with Crippen molar-refractivity contribution in [1.82, 2.24) is 0 Å². The molecule has 0 radical (unpaired) electrons. The molecule has 1 N–H and O–H groups in total. The number of unbranched alkanes of at least 4 members (excludes halogenated alkanes) is 3. The molecule has 144 valence electrons. The molecule has 1 aromatic rings. The van der Waals surface area contributed by atoms with Crippen molar-refractivity contribution in [2.45, 2.75) is 44.9 Å². The number of rotatable bonds is 12. The van der Waals surface area contributed by atoms with E-state index in [1.54, 1.807) is 18.2 Å². The van der Waals surface area contributed by atoms with E-state index in [4.69, 9.17) is 4.74 Å². The number of anilines is 1. The van der Waals surface area contributed by atoms with Crippen molar-refractivity contribution in [3.63, 3.8) is 0 Å². The summed E-state index contributed by atoms with van der Waals surface area (Å²) in [5.41, 5.74) is 1.04. The fourth-order valence-electron chi connectivity index (χ4n) is 3.02. The van der Waals surface area contributed by atoms with Gasteiger partial charge in [0.1, 0.15) is 18.3 Å². The standard InChI is InChI=1S/C22H27NO4/c24-13-7-3-1-2-4-8-14-27-21-12-11-19(17-25)15-20(21)23-22(26)16-18-9-5-6-10-18/h3,5,7,9,11-13,15,17-18H,1-2,4,6,8,10,14,16H2,(H,23,26)/b7-3+. The molecule has 0 fully saturated rings. The summed E-state index contributed by atoms with van der Waals surface area (Å²) in [4.78, 5) is 33.5. The van der Waals surface area contributed by atoms with Gasteiger partial charge in [-0.05, 0) is 68.7 Å². The summed E-state index contributed by atoms with van der Waals surface area (Å²) in [6.45, 7) is 0.534. The summed E-state index contributed by atoms with van der Waals surface area (Å²) < 4.78 is 5.82. The van der Waals surface area contributed by atoms with Gasteiger partial charge in [-0.3, -0.25) is 14.4 Å². The van der Waals surface area contributed by atoms with E-state index in [0.717, 1.165) is 51.1 Å². The highest BCUT2D eigenvalue weighted by Gasteiger charge is 2.16. The SMILES string of the molecule is O=C/C=C/CCCCCOc1ccc(C=O)cc1NC(=O)CC1C=CCC1. The molecule has 0 aromatic heterocycles. The Morgan fingerprint density at radius 3 is 2.85 bits per heavy atom. The van der Waals surface area contributed by atoms with Gasteiger partial charge >= 0.3 is 0 Å². The van der Waals surface area contributed by atoms with Gasteiger partial charge in [0.25, 0.3) is 0 Å². The van der Waals surface area contributed by atoms with E-state index in [-0.39, 0.29) is 11.8 Å². The molecule has 1 aromatic carbocycles. The van der Waals surface area contributed by atoms with Crippen molar-refractivity contribution in [3.8, 4) is 5.75 Å². The maximum Gasteiger partial charge on any atom is 0.225 e. The fourth-order valence-corrected chi connectivity index (χ4v) is 3.02. The molecular formula is C22H27NO4. The molecule has 0 aliphatic heterocycles. The molecule has 0 heterocycles. The number of nitrogens with one attached hydrogen (secondary N) is 1. The number of hydrogen-bond acceptors (Lipinski definition) is 4. The Morgan fingerprint density at radius 1 is 1.22 bits per heavy atom. The van der Waals surface area contributed by atoms with E-state index in [0.29, 0.717) is 30.0 Å². The van der Waals surface area contributed by atoms with Gasteiger partial charge in [-0.25, -0.2) is 0 Å². The number of ether oxygens (including phenoxy) is 1. The van der Waals surface area contributed by atoms with Crippen molar-refractivity contribution < 1.29 is 19.1 Å². The van der Waals surface area contributed by atoms with Crippen LogP contribution in [0.5, 0.6) is 5.75 Å². The third kappa shape index (κ3) is 7.60. The van der Waals surface area contributed by atoms with Crippen LogP contribution in [-0.2, 0) is 9.59 Å². The number of carbonyl (C=O) groups excluding carboxylic acids is 3. The Bertz CT molecular complexity index is 694. The van der Waals surface area contributed by atoms with E-state index >= 15 is 0 Å². The molecule has 1 amide bonds. The van der Waals surface area contributed by atoms with Gasteiger partial charge in [0.05, 0.1) is 12.3 Å². The molecule has 1 aliphatic rings. The third-order valence-corrected chi connectivity index (χ3v) is 4.46. The average molecular weight is 369 g/mol. The topological polar surface area (TPSA) is 72.5 Å². The van der Waals surface area contributed by atoms with Crippen molar-refractivity contribution in [1.29, 1.82) is 0 Å². The molecule has 2 rings (SSSR count). The lowest BCUT2D eigenvalue weighted by molar-refractivity contribution is -0.116. The number of hydrogen-bond donors (Lipinski definition) is 1. The summed E-state index contributed by atoms with van der Waals surface area (Å²) in [5, 5.41) is 2.89. The van der Waals surface area contributed by atoms with Crippen LogP contribution in [0.3, 0.4) is 0 Å². The molecule has 1 atom stereocenters. The summed E-state index contributed by atoms with van der Waals surface area (Å²) in [7, 11) is 0. The molecular weight excluding hydrogens is 342 g/mol. The fraction of sp³-hybridized carbons (Fsp3) is 0.409. The van der Waals surface area contributed by atoms with Crippen LogP contribution in [0.15, 0.2) is 42.5 Å². The molecule has 1 aliphatic carbocycles.